The molecule has 1 atom stereocenters. The van der Waals surface area contributed by atoms with Crippen molar-refractivity contribution < 1.29 is 23.8 Å². The number of furan rings is 1. The maximum Gasteiger partial charge on any atom is 0.339 e. The van der Waals surface area contributed by atoms with Crippen LogP contribution in [0.25, 0.3) is 0 Å². The van der Waals surface area contributed by atoms with E-state index in [-0.39, 0.29) is 18.0 Å². The summed E-state index contributed by atoms with van der Waals surface area (Å²) in [6.07, 6.45) is -0.183. The van der Waals surface area contributed by atoms with Gasteiger partial charge in [0.2, 0.25) is 0 Å². The Labute approximate surface area is 137 Å². The normalized spacial score (nSPS) is 15.8. The molecule has 0 radical (unpaired) electrons. The van der Waals surface area contributed by atoms with E-state index < -0.39 is 12.1 Å². The summed E-state index contributed by atoms with van der Waals surface area (Å²) in [6, 6.07) is 6.63. The molecule has 7 heteroatoms. The van der Waals surface area contributed by atoms with Gasteiger partial charge < -0.3 is 19.6 Å². The van der Waals surface area contributed by atoms with Crippen molar-refractivity contribution in [3.63, 3.8) is 0 Å². The predicted octanol–water partition coefficient (Wildman–Crippen LogP) is 2.56. The number of hydrogen-bond donors (Lipinski definition) is 2. The molecule has 0 fully saturated rings. The average molecular weight is 336 g/mol. The first-order valence-corrected chi connectivity index (χ1v) is 7.37. The monoisotopic (exact) mass is 335 g/mol. The Morgan fingerprint density at radius 2 is 2.17 bits per heavy atom. The summed E-state index contributed by atoms with van der Waals surface area (Å²) in [5, 5.41) is 12.3. The fourth-order valence-corrected chi connectivity index (χ4v) is 2.69. The van der Waals surface area contributed by atoms with Crippen molar-refractivity contribution in [3.8, 4) is 5.75 Å². The van der Waals surface area contributed by atoms with Gasteiger partial charge in [-0.2, -0.15) is 0 Å². The van der Waals surface area contributed by atoms with Crippen LogP contribution in [-0.4, -0.2) is 23.1 Å². The van der Waals surface area contributed by atoms with E-state index in [2.05, 4.69) is 5.32 Å². The Morgan fingerprint density at radius 1 is 1.39 bits per heavy atom. The van der Waals surface area contributed by atoms with Crippen molar-refractivity contribution in [2.24, 2.45) is 0 Å². The first-order valence-electron chi connectivity index (χ1n) is 6.99. The number of nitrogens with one attached hydrogen (secondary N) is 1. The Hall–Kier alpha value is -2.47. The summed E-state index contributed by atoms with van der Waals surface area (Å²) in [4.78, 5) is 23.1. The van der Waals surface area contributed by atoms with Crippen molar-refractivity contribution in [3.05, 3.63) is 51.9 Å². The number of benzene rings is 1. The summed E-state index contributed by atoms with van der Waals surface area (Å²) < 4.78 is 10.9. The number of carboxylic acid groups (broad SMARTS) is 1. The zero-order chi connectivity index (χ0) is 16.6. The smallest absolute Gasteiger partial charge is 0.339 e. The fraction of sp³-hybridized carbons (Fsp3) is 0.250. The van der Waals surface area contributed by atoms with Crippen molar-refractivity contribution in [1.29, 1.82) is 0 Å². The highest BCUT2D eigenvalue weighted by atomic mass is 35.5. The van der Waals surface area contributed by atoms with Gasteiger partial charge in [-0.3, -0.25) is 4.79 Å². The molecular weight excluding hydrogens is 322 g/mol. The van der Waals surface area contributed by atoms with Gasteiger partial charge >= 0.3 is 5.97 Å². The van der Waals surface area contributed by atoms with Crippen LogP contribution < -0.4 is 10.1 Å². The van der Waals surface area contributed by atoms with E-state index in [0.717, 1.165) is 5.56 Å². The van der Waals surface area contributed by atoms with Crippen LogP contribution in [0.4, 0.5) is 0 Å². The zero-order valence-electron chi connectivity index (χ0n) is 12.3. The van der Waals surface area contributed by atoms with Crippen molar-refractivity contribution >= 4 is 23.5 Å². The van der Waals surface area contributed by atoms with Gasteiger partial charge in [0.25, 0.3) is 5.91 Å². The number of aryl methyl sites for hydroxylation is 1. The molecule has 2 heterocycles. The lowest BCUT2D eigenvalue weighted by Crippen LogP contribution is -2.36. The van der Waals surface area contributed by atoms with Crippen LogP contribution >= 0.6 is 11.6 Å². The highest BCUT2D eigenvalue weighted by molar-refractivity contribution is 6.30. The van der Waals surface area contributed by atoms with Gasteiger partial charge in [-0.05, 0) is 36.8 Å². The standard InChI is InChI=1S/C16H14ClNO5/c1-8-12(16(20)21)6-11(22-8)7-18-15(19)14-5-9-4-10(17)2-3-13(9)23-14/h2-4,6,14H,5,7H2,1H3,(H,18,19)(H,20,21). The third-order valence-corrected chi connectivity index (χ3v) is 3.86. The summed E-state index contributed by atoms with van der Waals surface area (Å²) in [5.74, 6) is -0.0113. The molecule has 2 aromatic rings. The highest BCUT2D eigenvalue weighted by Crippen LogP contribution is 2.31. The highest BCUT2D eigenvalue weighted by Gasteiger charge is 2.29. The Balaban J connectivity index is 1.61. The van der Waals surface area contributed by atoms with Crippen LogP contribution in [0.3, 0.4) is 0 Å². The molecule has 1 unspecified atom stereocenters. The molecule has 23 heavy (non-hydrogen) atoms. The number of rotatable bonds is 4. The summed E-state index contributed by atoms with van der Waals surface area (Å²) >= 11 is 5.92. The topological polar surface area (TPSA) is 88.8 Å². The second-order valence-corrected chi connectivity index (χ2v) is 5.70. The van der Waals surface area contributed by atoms with E-state index >= 15 is 0 Å². The van der Waals surface area contributed by atoms with E-state index in [0.29, 0.717) is 28.7 Å². The maximum atomic E-state index is 12.2. The number of aromatic carboxylic acids is 1. The quantitative estimate of drug-likeness (QED) is 0.896. The molecule has 1 aliphatic rings. The second-order valence-electron chi connectivity index (χ2n) is 5.27. The van der Waals surface area contributed by atoms with Crippen molar-refractivity contribution in [2.75, 3.05) is 0 Å². The Morgan fingerprint density at radius 3 is 2.87 bits per heavy atom. The van der Waals surface area contributed by atoms with Crippen molar-refractivity contribution in [1.82, 2.24) is 5.32 Å². The van der Waals surface area contributed by atoms with Crippen LogP contribution in [0.2, 0.25) is 5.02 Å². The second kappa shape index (κ2) is 5.96. The van der Waals surface area contributed by atoms with Crippen LogP contribution in [0, 0.1) is 6.92 Å². The van der Waals surface area contributed by atoms with Gasteiger partial charge in [0.05, 0.1) is 6.54 Å². The number of fused-ring (bicyclic) bond motifs is 1. The van der Waals surface area contributed by atoms with E-state index in [1.54, 1.807) is 25.1 Å². The number of amides is 1. The number of ether oxygens (including phenoxy) is 1. The fourth-order valence-electron chi connectivity index (χ4n) is 2.49. The molecular formula is C16H14ClNO5. The minimum absolute atomic E-state index is 0.0911. The van der Waals surface area contributed by atoms with E-state index in [9.17, 15) is 9.59 Å². The lowest BCUT2D eigenvalue weighted by molar-refractivity contribution is -0.127. The number of carboxylic acids is 1. The number of carbonyl (C=O) groups excluding carboxylic acids is 1. The number of halogens is 1. The van der Waals surface area contributed by atoms with Gasteiger partial charge in [-0.1, -0.05) is 11.6 Å². The predicted molar refractivity (Wildman–Crippen MR) is 81.8 cm³/mol. The van der Waals surface area contributed by atoms with E-state index in [1.807, 2.05) is 0 Å². The minimum atomic E-state index is -1.06. The molecule has 0 bridgehead atoms. The molecule has 0 saturated heterocycles. The van der Waals surface area contributed by atoms with E-state index in [1.165, 1.54) is 6.07 Å². The molecule has 1 amide bonds. The van der Waals surface area contributed by atoms with Gasteiger partial charge in [-0.25, -0.2) is 4.79 Å². The van der Waals surface area contributed by atoms with Gasteiger partial charge in [0.1, 0.15) is 22.8 Å². The number of hydrogen-bond acceptors (Lipinski definition) is 4. The Bertz CT molecular complexity index is 783. The van der Waals surface area contributed by atoms with Gasteiger partial charge in [0, 0.05) is 11.4 Å². The molecule has 6 nitrogen and oxygen atoms in total. The van der Waals surface area contributed by atoms with E-state index in [4.69, 9.17) is 25.9 Å². The minimum Gasteiger partial charge on any atom is -0.480 e. The molecule has 120 valence electrons. The Kier molecular flexibility index (Phi) is 4.00. The molecule has 3 rings (SSSR count). The summed E-state index contributed by atoms with van der Waals surface area (Å²) in [5.41, 5.74) is 0.980. The first kappa shape index (κ1) is 15.4. The molecule has 0 saturated carbocycles. The SMILES string of the molecule is Cc1oc(CNC(=O)C2Cc3cc(Cl)ccc3O2)cc1C(=O)O. The third kappa shape index (κ3) is 3.17. The van der Waals surface area contributed by atoms with Gasteiger partial charge in [-0.15, -0.1) is 0 Å². The molecule has 1 aliphatic heterocycles. The maximum absolute atomic E-state index is 12.2. The molecule has 2 N–H and O–H groups in total. The molecule has 0 aliphatic carbocycles. The summed E-state index contributed by atoms with van der Waals surface area (Å²) in [6.45, 7) is 1.67. The molecule has 1 aromatic carbocycles. The zero-order valence-corrected chi connectivity index (χ0v) is 13.0. The van der Waals surface area contributed by atoms with Gasteiger partial charge in [0.15, 0.2) is 6.10 Å². The van der Waals surface area contributed by atoms with Crippen molar-refractivity contribution in [2.45, 2.75) is 26.0 Å². The third-order valence-electron chi connectivity index (χ3n) is 3.63. The largest absolute Gasteiger partial charge is 0.480 e. The first-order chi connectivity index (χ1) is 10.9. The average Bonchev–Trinajstić information content (AvgIpc) is 3.07. The lowest BCUT2D eigenvalue weighted by Gasteiger charge is -2.10. The van der Waals surface area contributed by atoms with Crippen LogP contribution in [0.1, 0.15) is 27.4 Å². The molecule has 0 spiro atoms. The number of carbonyl (C=O) groups is 2. The van der Waals surface area contributed by atoms with Crippen LogP contribution in [-0.2, 0) is 17.8 Å². The van der Waals surface area contributed by atoms with Crippen LogP contribution in [0.5, 0.6) is 5.75 Å². The lowest BCUT2D eigenvalue weighted by atomic mass is 10.1. The summed E-state index contributed by atoms with van der Waals surface area (Å²) in [7, 11) is 0. The molecule has 1 aromatic heterocycles. The van der Waals surface area contributed by atoms with Crippen LogP contribution in [0.15, 0.2) is 28.7 Å².